The third kappa shape index (κ3) is 17.0. The molecule has 0 saturated carbocycles. The van der Waals surface area contributed by atoms with Crippen LogP contribution >= 0.6 is 0 Å². The van der Waals surface area contributed by atoms with Crippen molar-refractivity contribution in [1.82, 2.24) is 0 Å². The minimum atomic E-state index is -0.349. The van der Waals surface area contributed by atoms with Crippen molar-refractivity contribution in [3.8, 4) is 47.4 Å². The molecule has 60 heavy (non-hydrogen) atoms. The summed E-state index contributed by atoms with van der Waals surface area (Å²) in [6.45, 7) is 2.90. The van der Waals surface area contributed by atoms with Gasteiger partial charge in [0.25, 0.3) is 0 Å². The molecule has 302 valence electrons. The number of benzene rings is 5. The average Bonchev–Trinajstić information content (AvgIpc) is 3.29. The van der Waals surface area contributed by atoms with Gasteiger partial charge in [-0.15, -0.1) is 0 Å². The predicted octanol–water partition coefficient (Wildman–Crippen LogP) is 10.4. The number of ether oxygens (including phenoxy) is 4. The molecule has 0 atom stereocenters. The highest BCUT2D eigenvalue weighted by atomic mass is 16.5. The maximum Gasteiger partial charge on any atom is 0.338 e. The van der Waals surface area contributed by atoms with E-state index in [9.17, 15) is 9.59 Å². The Morgan fingerprint density at radius 2 is 0.683 bits per heavy atom. The van der Waals surface area contributed by atoms with E-state index in [1.54, 1.807) is 24.3 Å². The molecule has 0 aliphatic heterocycles. The molecule has 0 amide bonds. The molecule has 0 N–H and O–H groups in total. The van der Waals surface area contributed by atoms with E-state index in [0.29, 0.717) is 76.1 Å². The fraction of sp³-hybridized carbons (Fsp3) is 0.259. The van der Waals surface area contributed by atoms with Gasteiger partial charge in [0.1, 0.15) is 0 Å². The number of carbonyl (C=O) groups excluding carboxylic acids is 2. The first-order valence-corrected chi connectivity index (χ1v) is 20.5. The van der Waals surface area contributed by atoms with Crippen LogP contribution in [0.3, 0.4) is 0 Å². The lowest BCUT2D eigenvalue weighted by Crippen LogP contribution is -2.05. The summed E-state index contributed by atoms with van der Waals surface area (Å²) >= 11 is 0. The van der Waals surface area contributed by atoms with Crippen LogP contribution in [0.4, 0.5) is 0 Å². The first-order chi connectivity index (χ1) is 29.7. The molecular formula is C54H50O6. The van der Waals surface area contributed by atoms with Crippen molar-refractivity contribution in [2.45, 2.75) is 64.6 Å². The van der Waals surface area contributed by atoms with E-state index in [1.807, 2.05) is 84.9 Å². The molecule has 0 heterocycles. The molecule has 0 aromatic heterocycles. The Morgan fingerprint density at radius 1 is 0.383 bits per heavy atom. The average molecular weight is 795 g/mol. The summed E-state index contributed by atoms with van der Waals surface area (Å²) in [5.41, 5.74) is 6.39. The van der Waals surface area contributed by atoms with Crippen LogP contribution in [0, 0.1) is 47.4 Å². The second kappa shape index (κ2) is 27.0. The Kier molecular flexibility index (Phi) is 19.9. The molecule has 0 unspecified atom stereocenters. The van der Waals surface area contributed by atoms with E-state index in [0.717, 1.165) is 46.2 Å². The molecule has 5 rings (SSSR count). The smallest absolute Gasteiger partial charge is 0.338 e. The molecule has 0 spiro atoms. The second-order valence-corrected chi connectivity index (χ2v) is 13.6. The van der Waals surface area contributed by atoms with Gasteiger partial charge in [-0.25, -0.2) is 9.59 Å². The van der Waals surface area contributed by atoms with Crippen LogP contribution in [0.1, 0.15) is 105 Å². The van der Waals surface area contributed by atoms with Crippen molar-refractivity contribution in [2.24, 2.45) is 0 Å². The molecule has 0 aliphatic rings. The summed E-state index contributed by atoms with van der Waals surface area (Å²) in [4.78, 5) is 24.7. The van der Waals surface area contributed by atoms with Crippen molar-refractivity contribution in [3.05, 3.63) is 178 Å². The molecule has 0 radical (unpaired) electrons. The third-order valence-electron chi connectivity index (χ3n) is 8.83. The second-order valence-electron chi connectivity index (χ2n) is 13.6. The Labute approximate surface area is 355 Å². The number of hydrogen-bond acceptors (Lipinski definition) is 6. The highest BCUT2D eigenvalue weighted by molar-refractivity contribution is 5.89. The summed E-state index contributed by atoms with van der Waals surface area (Å²) < 4.78 is 22.6. The largest absolute Gasteiger partial charge is 0.462 e. The van der Waals surface area contributed by atoms with Gasteiger partial charge in [-0.3, -0.25) is 0 Å². The van der Waals surface area contributed by atoms with Gasteiger partial charge in [-0.2, -0.15) is 0 Å². The number of unbranched alkanes of at least 4 members (excludes halogenated alkanes) is 4. The highest BCUT2D eigenvalue weighted by Gasteiger charge is 2.08. The number of hydrogen-bond donors (Lipinski definition) is 0. The van der Waals surface area contributed by atoms with Crippen molar-refractivity contribution in [2.75, 3.05) is 26.4 Å². The molecule has 6 heteroatoms. The number of rotatable bonds is 18. The zero-order valence-electron chi connectivity index (χ0n) is 34.1. The van der Waals surface area contributed by atoms with Gasteiger partial charge in [-0.1, -0.05) is 144 Å². The quantitative estimate of drug-likeness (QED) is 0.0500. The van der Waals surface area contributed by atoms with Gasteiger partial charge in [0, 0.05) is 61.2 Å². The number of esters is 2. The summed E-state index contributed by atoms with van der Waals surface area (Å²) in [5.74, 6) is 25.8. The van der Waals surface area contributed by atoms with Crippen LogP contribution in [0.25, 0.3) is 0 Å². The molecule has 0 bridgehead atoms. The maximum absolute atomic E-state index is 12.4. The van der Waals surface area contributed by atoms with Crippen LogP contribution in [-0.2, 0) is 32.2 Å². The maximum atomic E-state index is 12.4. The highest BCUT2D eigenvalue weighted by Crippen LogP contribution is 2.17. The van der Waals surface area contributed by atoms with Crippen molar-refractivity contribution < 1.29 is 28.5 Å². The summed E-state index contributed by atoms with van der Waals surface area (Å²) in [5, 5.41) is 0. The Bertz CT molecular complexity index is 2160. The summed E-state index contributed by atoms with van der Waals surface area (Å²) in [6, 6.07) is 42.1. The lowest BCUT2D eigenvalue weighted by atomic mass is 9.98. The van der Waals surface area contributed by atoms with E-state index in [1.165, 1.54) is 0 Å². The van der Waals surface area contributed by atoms with Crippen LogP contribution in [0.15, 0.2) is 133 Å². The Morgan fingerprint density at radius 3 is 1.02 bits per heavy atom. The molecule has 0 aliphatic carbocycles. The van der Waals surface area contributed by atoms with Crippen LogP contribution in [-0.4, -0.2) is 38.4 Å². The van der Waals surface area contributed by atoms with E-state index in [4.69, 9.17) is 18.9 Å². The molecule has 0 saturated heterocycles. The monoisotopic (exact) mass is 794 g/mol. The molecule has 6 nitrogen and oxygen atoms in total. The SMILES string of the molecule is O=C(OCCCC#Cc1cc(C#CCCCOCc2ccccc2)c(C#CCCCOCc2ccccc2)cc1C#CCCCOC(=O)c1ccccc1)c1ccccc1. The minimum absolute atomic E-state index is 0.265. The van der Waals surface area contributed by atoms with Crippen molar-refractivity contribution in [3.63, 3.8) is 0 Å². The van der Waals surface area contributed by atoms with E-state index < -0.39 is 0 Å². The third-order valence-corrected chi connectivity index (χ3v) is 8.83. The van der Waals surface area contributed by atoms with Crippen molar-refractivity contribution >= 4 is 11.9 Å². The van der Waals surface area contributed by atoms with Crippen LogP contribution in [0.5, 0.6) is 0 Å². The van der Waals surface area contributed by atoms with Gasteiger partial charge in [0.15, 0.2) is 0 Å². The lowest BCUT2D eigenvalue weighted by Gasteiger charge is -2.05. The molecular weight excluding hydrogens is 745 g/mol. The Hall–Kier alpha value is -6.80. The molecule has 0 fully saturated rings. The summed E-state index contributed by atoms with van der Waals surface area (Å²) in [7, 11) is 0. The van der Waals surface area contributed by atoms with Crippen LogP contribution < -0.4 is 0 Å². The topological polar surface area (TPSA) is 71.1 Å². The minimum Gasteiger partial charge on any atom is -0.462 e. The zero-order valence-corrected chi connectivity index (χ0v) is 34.1. The predicted molar refractivity (Wildman–Crippen MR) is 237 cm³/mol. The number of carbonyl (C=O) groups is 2. The fourth-order valence-electron chi connectivity index (χ4n) is 5.66. The van der Waals surface area contributed by atoms with E-state index >= 15 is 0 Å². The molecule has 5 aromatic rings. The van der Waals surface area contributed by atoms with Crippen LogP contribution in [0.2, 0.25) is 0 Å². The lowest BCUT2D eigenvalue weighted by molar-refractivity contribution is 0.0492. The fourth-order valence-corrected chi connectivity index (χ4v) is 5.66. The van der Waals surface area contributed by atoms with Gasteiger partial charge in [0.05, 0.1) is 37.6 Å². The first kappa shape index (κ1) is 44.3. The first-order valence-electron chi connectivity index (χ1n) is 20.5. The molecule has 5 aromatic carbocycles. The van der Waals surface area contributed by atoms with Gasteiger partial charge < -0.3 is 18.9 Å². The van der Waals surface area contributed by atoms with Gasteiger partial charge >= 0.3 is 11.9 Å². The summed E-state index contributed by atoms with van der Waals surface area (Å²) in [6.07, 6.45) is 5.17. The Balaban J connectivity index is 1.27. The van der Waals surface area contributed by atoms with Gasteiger partial charge in [0.2, 0.25) is 0 Å². The van der Waals surface area contributed by atoms with Crippen molar-refractivity contribution in [1.29, 1.82) is 0 Å². The van der Waals surface area contributed by atoms with E-state index in [2.05, 4.69) is 71.6 Å². The van der Waals surface area contributed by atoms with E-state index in [-0.39, 0.29) is 25.2 Å². The normalized spacial score (nSPS) is 10.0. The zero-order chi connectivity index (χ0) is 41.7. The van der Waals surface area contributed by atoms with Gasteiger partial charge in [-0.05, 0) is 73.2 Å². The standard InChI is InChI=1S/C54H50O6/c55-53(47-29-13-3-14-30-47)59-39-23-7-19-35-51-41-49(33-17-5-21-37-57-43-45-25-9-1-10-26-45)50(34-18-6-22-38-58-44-46-27-11-2-12-28-46)42-52(51)36-20-8-24-40-60-54(56)48-31-15-4-16-32-48/h1-4,9-16,25-32,41-42H,5-8,21-24,37-40,43-44H2.